The standard InChI is InChI=1S/C23H26N2O2.CH4/c1-15(26)17-6-8-22-20(13-17)21-14-18(16(2)27)7-9-23(21)25(22)12-10-19-5-4-11-24(19)3;/h6-9,13-14,19H,4-5,10-12H2,1-3H3;1H4. The fourth-order valence-corrected chi connectivity index (χ4v) is 4.41. The second-order valence-electron chi connectivity index (χ2n) is 7.79. The van der Waals surface area contributed by atoms with Crippen LogP contribution >= 0.6 is 0 Å². The van der Waals surface area contributed by atoms with Gasteiger partial charge in [0.1, 0.15) is 0 Å². The average molecular weight is 379 g/mol. The highest BCUT2D eigenvalue weighted by atomic mass is 16.1. The number of fused-ring (bicyclic) bond motifs is 3. The van der Waals surface area contributed by atoms with Crippen molar-refractivity contribution in [1.29, 1.82) is 0 Å². The molecule has 1 unspecified atom stereocenters. The van der Waals surface area contributed by atoms with E-state index in [2.05, 4.69) is 28.6 Å². The maximum Gasteiger partial charge on any atom is 0.159 e. The predicted octanol–water partition coefficient (Wildman–Crippen LogP) is 5.32. The minimum absolute atomic E-state index is 0. The molecule has 0 saturated carbocycles. The van der Waals surface area contributed by atoms with E-state index in [4.69, 9.17) is 0 Å². The van der Waals surface area contributed by atoms with Gasteiger partial charge >= 0.3 is 0 Å². The van der Waals surface area contributed by atoms with Crippen LogP contribution in [-0.2, 0) is 6.54 Å². The van der Waals surface area contributed by atoms with Gasteiger partial charge in [0.05, 0.1) is 0 Å². The van der Waals surface area contributed by atoms with Crippen molar-refractivity contribution in [1.82, 2.24) is 9.47 Å². The number of ketones is 2. The van der Waals surface area contributed by atoms with Crippen LogP contribution in [0.15, 0.2) is 36.4 Å². The summed E-state index contributed by atoms with van der Waals surface area (Å²) in [5, 5.41) is 2.11. The van der Waals surface area contributed by atoms with Crippen molar-refractivity contribution in [2.75, 3.05) is 13.6 Å². The average Bonchev–Trinajstić information content (AvgIpc) is 3.19. The van der Waals surface area contributed by atoms with Gasteiger partial charge in [-0.15, -0.1) is 0 Å². The summed E-state index contributed by atoms with van der Waals surface area (Å²) in [6.07, 6.45) is 3.65. The van der Waals surface area contributed by atoms with Gasteiger partial charge in [0.25, 0.3) is 0 Å². The van der Waals surface area contributed by atoms with E-state index in [0.29, 0.717) is 17.2 Å². The Morgan fingerprint density at radius 2 is 1.50 bits per heavy atom. The zero-order chi connectivity index (χ0) is 19.1. The lowest BCUT2D eigenvalue weighted by Gasteiger charge is -2.20. The minimum atomic E-state index is 0. The molecular formula is C24H30N2O2. The molecule has 28 heavy (non-hydrogen) atoms. The summed E-state index contributed by atoms with van der Waals surface area (Å²) in [5.41, 5.74) is 3.70. The van der Waals surface area contributed by atoms with Crippen molar-refractivity contribution in [3.8, 4) is 0 Å². The SMILES string of the molecule is C.CC(=O)c1ccc2c(c1)c1cc(C(C)=O)ccc1n2CCC1CCCN1C. The number of likely N-dealkylation sites (tertiary alicyclic amines) is 1. The van der Waals surface area contributed by atoms with Crippen LogP contribution in [0.25, 0.3) is 21.8 Å². The van der Waals surface area contributed by atoms with Gasteiger partial charge < -0.3 is 9.47 Å². The second kappa shape index (κ2) is 7.88. The first-order valence-corrected chi connectivity index (χ1v) is 9.74. The fraction of sp³-hybridized carbons (Fsp3) is 0.417. The number of aryl methyl sites for hydroxylation is 1. The number of benzene rings is 2. The molecule has 2 heterocycles. The molecule has 3 aromatic rings. The van der Waals surface area contributed by atoms with Gasteiger partial charge in [0.15, 0.2) is 11.6 Å². The molecule has 148 valence electrons. The molecule has 4 heteroatoms. The molecule has 0 aliphatic carbocycles. The zero-order valence-corrected chi connectivity index (χ0v) is 16.3. The first kappa shape index (κ1) is 20.3. The summed E-state index contributed by atoms with van der Waals surface area (Å²) in [4.78, 5) is 26.2. The molecule has 1 aromatic heterocycles. The van der Waals surface area contributed by atoms with Gasteiger partial charge in [-0.1, -0.05) is 7.43 Å². The number of Topliss-reactive ketones (excluding diaryl/α,β-unsaturated/α-hetero) is 2. The first-order valence-electron chi connectivity index (χ1n) is 9.74. The molecule has 0 N–H and O–H groups in total. The van der Waals surface area contributed by atoms with E-state index >= 15 is 0 Å². The third-order valence-corrected chi connectivity index (χ3v) is 6.04. The maximum atomic E-state index is 11.9. The third-order valence-electron chi connectivity index (χ3n) is 6.04. The molecule has 4 rings (SSSR count). The molecule has 0 radical (unpaired) electrons. The molecule has 0 bridgehead atoms. The van der Waals surface area contributed by atoms with E-state index in [1.165, 1.54) is 19.4 Å². The Morgan fingerprint density at radius 1 is 0.964 bits per heavy atom. The summed E-state index contributed by atoms with van der Waals surface area (Å²) in [6.45, 7) is 5.31. The monoisotopic (exact) mass is 378 g/mol. The van der Waals surface area contributed by atoms with Crippen LogP contribution in [0.3, 0.4) is 0 Å². The number of nitrogens with zero attached hydrogens (tertiary/aromatic N) is 2. The highest BCUT2D eigenvalue weighted by Gasteiger charge is 2.21. The Bertz CT molecular complexity index is 976. The van der Waals surface area contributed by atoms with Crippen molar-refractivity contribution < 1.29 is 9.59 Å². The highest BCUT2D eigenvalue weighted by molar-refractivity contribution is 6.12. The van der Waals surface area contributed by atoms with Crippen LogP contribution < -0.4 is 0 Å². The van der Waals surface area contributed by atoms with E-state index in [0.717, 1.165) is 34.8 Å². The van der Waals surface area contributed by atoms with Crippen molar-refractivity contribution in [3.05, 3.63) is 47.5 Å². The first-order chi connectivity index (χ1) is 13.0. The Hall–Kier alpha value is -2.46. The topological polar surface area (TPSA) is 42.3 Å². The Balaban J connectivity index is 0.00000225. The number of aromatic nitrogens is 1. The number of carbonyl (C=O) groups excluding carboxylic acids is 2. The van der Waals surface area contributed by atoms with Gasteiger partial charge in [0.2, 0.25) is 0 Å². The molecule has 1 aliphatic rings. The number of hydrogen-bond acceptors (Lipinski definition) is 3. The number of rotatable bonds is 5. The normalized spacial score (nSPS) is 17.2. The van der Waals surface area contributed by atoms with Gasteiger partial charge in [-0.05, 0) is 83.1 Å². The predicted molar refractivity (Wildman–Crippen MR) is 116 cm³/mol. The lowest BCUT2D eigenvalue weighted by molar-refractivity contribution is 0.100. The van der Waals surface area contributed by atoms with Gasteiger partial charge in [0, 0.05) is 45.5 Å². The van der Waals surface area contributed by atoms with Crippen LogP contribution in [0, 0.1) is 0 Å². The van der Waals surface area contributed by atoms with E-state index in [1.807, 2.05) is 24.3 Å². The maximum absolute atomic E-state index is 11.9. The van der Waals surface area contributed by atoms with Crippen LogP contribution in [0.5, 0.6) is 0 Å². The number of hydrogen-bond donors (Lipinski definition) is 0. The highest BCUT2D eigenvalue weighted by Crippen LogP contribution is 2.32. The van der Waals surface area contributed by atoms with E-state index in [-0.39, 0.29) is 19.0 Å². The summed E-state index contributed by atoms with van der Waals surface area (Å²) in [6, 6.07) is 12.5. The van der Waals surface area contributed by atoms with E-state index in [1.54, 1.807) is 13.8 Å². The lowest BCUT2D eigenvalue weighted by Crippen LogP contribution is -2.26. The molecule has 1 saturated heterocycles. The van der Waals surface area contributed by atoms with E-state index in [9.17, 15) is 9.59 Å². The molecule has 1 fully saturated rings. The second-order valence-corrected chi connectivity index (χ2v) is 7.79. The molecule has 1 aliphatic heterocycles. The van der Waals surface area contributed by atoms with Crippen molar-refractivity contribution in [2.45, 2.75) is 53.1 Å². The quantitative estimate of drug-likeness (QED) is 0.564. The smallest absolute Gasteiger partial charge is 0.159 e. The van der Waals surface area contributed by atoms with Gasteiger partial charge in [-0.25, -0.2) is 0 Å². The van der Waals surface area contributed by atoms with Gasteiger partial charge in [-0.3, -0.25) is 9.59 Å². The lowest BCUT2D eigenvalue weighted by atomic mass is 10.0. The molecule has 0 spiro atoms. The molecular weight excluding hydrogens is 348 g/mol. The van der Waals surface area contributed by atoms with Crippen molar-refractivity contribution >= 4 is 33.4 Å². The Labute approximate surface area is 167 Å². The van der Waals surface area contributed by atoms with Crippen LogP contribution in [0.1, 0.15) is 61.3 Å². The molecule has 2 aromatic carbocycles. The van der Waals surface area contributed by atoms with Gasteiger partial charge in [-0.2, -0.15) is 0 Å². The summed E-state index contributed by atoms with van der Waals surface area (Å²) >= 11 is 0. The van der Waals surface area contributed by atoms with Crippen LogP contribution in [0.4, 0.5) is 0 Å². The van der Waals surface area contributed by atoms with Crippen LogP contribution in [0.2, 0.25) is 0 Å². The fourth-order valence-electron chi connectivity index (χ4n) is 4.41. The minimum Gasteiger partial charge on any atom is -0.340 e. The summed E-state index contributed by atoms with van der Waals surface area (Å²) in [7, 11) is 2.21. The molecule has 4 nitrogen and oxygen atoms in total. The summed E-state index contributed by atoms with van der Waals surface area (Å²) in [5.74, 6) is 0.126. The molecule has 0 amide bonds. The largest absolute Gasteiger partial charge is 0.340 e. The van der Waals surface area contributed by atoms with Crippen molar-refractivity contribution in [3.63, 3.8) is 0 Å². The summed E-state index contributed by atoms with van der Waals surface area (Å²) < 4.78 is 2.35. The number of carbonyl (C=O) groups is 2. The van der Waals surface area contributed by atoms with Crippen molar-refractivity contribution in [2.24, 2.45) is 0 Å². The molecule has 1 atom stereocenters. The Kier molecular flexibility index (Phi) is 5.71. The van der Waals surface area contributed by atoms with Crippen LogP contribution in [-0.4, -0.2) is 40.7 Å². The van der Waals surface area contributed by atoms with E-state index < -0.39 is 0 Å². The zero-order valence-electron chi connectivity index (χ0n) is 16.3. The Morgan fingerprint density at radius 3 is 1.93 bits per heavy atom. The third kappa shape index (κ3) is 3.49.